The third kappa shape index (κ3) is 6.46. The molecule has 4 nitrogen and oxygen atoms in total. The summed E-state index contributed by atoms with van der Waals surface area (Å²) in [4.78, 5) is 21.6. The molecule has 0 aliphatic carbocycles. The molecule has 0 aromatic rings. The van der Waals surface area contributed by atoms with Crippen LogP contribution >= 0.6 is 0 Å². The molecule has 4 heteroatoms. The van der Waals surface area contributed by atoms with E-state index in [1.165, 1.54) is 7.11 Å². The van der Waals surface area contributed by atoms with Crippen LogP contribution < -0.4 is 0 Å². The Morgan fingerprint density at radius 1 is 1.29 bits per heavy atom. The number of esters is 2. The molecule has 0 amide bonds. The van der Waals surface area contributed by atoms with E-state index >= 15 is 0 Å². The first-order valence-corrected chi connectivity index (χ1v) is 4.82. The summed E-state index contributed by atoms with van der Waals surface area (Å²) in [6, 6.07) is 0. The maximum Gasteiger partial charge on any atom is 0.317 e. The standard InChI is InChI=1S/C10H18O4/c1-4-8(2)5-6-14-10(12)7-9(11)13-3/h8H,4-7H2,1-3H3. The lowest BCUT2D eigenvalue weighted by Gasteiger charge is -2.08. The van der Waals surface area contributed by atoms with Crippen molar-refractivity contribution in [3.63, 3.8) is 0 Å². The Kier molecular flexibility index (Phi) is 6.80. The number of hydrogen-bond acceptors (Lipinski definition) is 4. The van der Waals surface area contributed by atoms with Crippen molar-refractivity contribution in [2.24, 2.45) is 5.92 Å². The number of rotatable bonds is 6. The first kappa shape index (κ1) is 12.9. The number of carbonyl (C=O) groups is 2. The first-order valence-electron chi connectivity index (χ1n) is 4.82. The van der Waals surface area contributed by atoms with Crippen LogP contribution in [0.15, 0.2) is 0 Å². The third-order valence-corrected chi connectivity index (χ3v) is 2.09. The van der Waals surface area contributed by atoms with Crippen molar-refractivity contribution in [3.8, 4) is 0 Å². The van der Waals surface area contributed by atoms with Gasteiger partial charge < -0.3 is 9.47 Å². The van der Waals surface area contributed by atoms with Gasteiger partial charge in [0, 0.05) is 0 Å². The van der Waals surface area contributed by atoms with E-state index in [0.29, 0.717) is 12.5 Å². The molecule has 0 heterocycles. The molecule has 82 valence electrons. The predicted octanol–water partition coefficient (Wildman–Crippen LogP) is 1.53. The molecule has 0 aliphatic heterocycles. The summed E-state index contributed by atoms with van der Waals surface area (Å²) in [6.07, 6.45) is 1.61. The van der Waals surface area contributed by atoms with Gasteiger partial charge in [-0.05, 0) is 12.3 Å². The minimum absolute atomic E-state index is 0.295. The second-order valence-electron chi connectivity index (χ2n) is 3.28. The van der Waals surface area contributed by atoms with Crippen LogP contribution in [0.4, 0.5) is 0 Å². The molecule has 0 saturated carbocycles. The van der Waals surface area contributed by atoms with Gasteiger partial charge in [-0.1, -0.05) is 20.3 Å². The molecule has 0 radical (unpaired) electrons. The van der Waals surface area contributed by atoms with Crippen molar-refractivity contribution in [2.75, 3.05) is 13.7 Å². The van der Waals surface area contributed by atoms with E-state index in [1.54, 1.807) is 0 Å². The van der Waals surface area contributed by atoms with Crippen molar-refractivity contribution < 1.29 is 19.1 Å². The van der Waals surface area contributed by atoms with Gasteiger partial charge in [-0.15, -0.1) is 0 Å². The smallest absolute Gasteiger partial charge is 0.317 e. The quantitative estimate of drug-likeness (QED) is 0.484. The molecule has 0 bridgehead atoms. The first-order chi connectivity index (χ1) is 6.60. The summed E-state index contributed by atoms with van der Waals surface area (Å²) < 4.78 is 9.18. The lowest BCUT2D eigenvalue weighted by atomic mass is 10.1. The maximum atomic E-state index is 11.0. The van der Waals surface area contributed by atoms with Crippen LogP contribution in [0.25, 0.3) is 0 Å². The van der Waals surface area contributed by atoms with E-state index in [9.17, 15) is 9.59 Å². The molecule has 1 atom stereocenters. The Morgan fingerprint density at radius 2 is 1.93 bits per heavy atom. The van der Waals surface area contributed by atoms with Crippen LogP contribution in [-0.2, 0) is 19.1 Å². The normalized spacial score (nSPS) is 11.9. The minimum Gasteiger partial charge on any atom is -0.469 e. The van der Waals surface area contributed by atoms with E-state index in [-0.39, 0.29) is 6.42 Å². The molecule has 0 fully saturated rings. The highest BCUT2D eigenvalue weighted by Crippen LogP contribution is 2.06. The third-order valence-electron chi connectivity index (χ3n) is 2.09. The molecule has 0 spiro atoms. The van der Waals surface area contributed by atoms with Crippen LogP contribution in [0.1, 0.15) is 33.1 Å². The number of ether oxygens (including phenoxy) is 2. The van der Waals surface area contributed by atoms with Gasteiger partial charge in [-0.25, -0.2) is 0 Å². The molecule has 0 rings (SSSR count). The fourth-order valence-corrected chi connectivity index (χ4v) is 0.819. The zero-order valence-corrected chi connectivity index (χ0v) is 9.04. The Bertz CT molecular complexity index is 189. The summed E-state index contributed by atoms with van der Waals surface area (Å²) in [5.74, 6) is -0.528. The van der Waals surface area contributed by atoms with E-state index in [2.05, 4.69) is 18.6 Å². The Hall–Kier alpha value is -1.06. The number of hydrogen-bond donors (Lipinski definition) is 0. The Morgan fingerprint density at radius 3 is 2.43 bits per heavy atom. The van der Waals surface area contributed by atoms with E-state index < -0.39 is 11.9 Å². The molecular weight excluding hydrogens is 184 g/mol. The second kappa shape index (κ2) is 7.35. The highest BCUT2D eigenvalue weighted by atomic mass is 16.5. The average Bonchev–Trinajstić information content (AvgIpc) is 2.17. The predicted molar refractivity (Wildman–Crippen MR) is 51.7 cm³/mol. The Balaban J connectivity index is 3.49. The van der Waals surface area contributed by atoms with Gasteiger partial charge in [0.15, 0.2) is 0 Å². The Labute approximate surface area is 84.6 Å². The SMILES string of the molecule is CCC(C)CCOC(=O)CC(=O)OC. The van der Waals surface area contributed by atoms with Crippen LogP contribution in [-0.4, -0.2) is 25.7 Å². The second-order valence-corrected chi connectivity index (χ2v) is 3.28. The minimum atomic E-state index is -0.557. The maximum absolute atomic E-state index is 11.0. The van der Waals surface area contributed by atoms with Gasteiger partial charge in [0.25, 0.3) is 0 Å². The van der Waals surface area contributed by atoms with Gasteiger partial charge in [0.1, 0.15) is 6.42 Å². The van der Waals surface area contributed by atoms with Gasteiger partial charge >= 0.3 is 11.9 Å². The van der Waals surface area contributed by atoms with Crippen LogP contribution in [0, 0.1) is 5.92 Å². The van der Waals surface area contributed by atoms with Crippen molar-refractivity contribution in [3.05, 3.63) is 0 Å². The van der Waals surface area contributed by atoms with E-state index in [0.717, 1.165) is 12.8 Å². The zero-order chi connectivity index (χ0) is 11.0. The highest BCUT2D eigenvalue weighted by Gasteiger charge is 2.10. The van der Waals surface area contributed by atoms with E-state index in [4.69, 9.17) is 4.74 Å². The van der Waals surface area contributed by atoms with Crippen molar-refractivity contribution in [2.45, 2.75) is 33.1 Å². The molecule has 0 aliphatic rings. The topological polar surface area (TPSA) is 52.6 Å². The van der Waals surface area contributed by atoms with Crippen molar-refractivity contribution in [1.82, 2.24) is 0 Å². The molecule has 0 aromatic carbocycles. The summed E-state index contributed by atoms with van der Waals surface area (Å²) in [5.41, 5.74) is 0. The average molecular weight is 202 g/mol. The molecular formula is C10H18O4. The van der Waals surface area contributed by atoms with Gasteiger partial charge in [-0.2, -0.15) is 0 Å². The summed E-state index contributed by atoms with van der Waals surface area (Å²) in [7, 11) is 1.24. The van der Waals surface area contributed by atoms with Gasteiger partial charge in [0.2, 0.25) is 0 Å². The number of methoxy groups -OCH3 is 1. The van der Waals surface area contributed by atoms with Crippen LogP contribution in [0.2, 0.25) is 0 Å². The molecule has 0 aromatic heterocycles. The lowest BCUT2D eigenvalue weighted by molar-refractivity contribution is -0.153. The largest absolute Gasteiger partial charge is 0.469 e. The highest BCUT2D eigenvalue weighted by molar-refractivity contribution is 5.91. The van der Waals surface area contributed by atoms with E-state index in [1.807, 2.05) is 0 Å². The lowest BCUT2D eigenvalue weighted by Crippen LogP contribution is -2.14. The summed E-state index contributed by atoms with van der Waals surface area (Å²) in [6.45, 7) is 4.56. The van der Waals surface area contributed by atoms with Crippen LogP contribution in [0.3, 0.4) is 0 Å². The van der Waals surface area contributed by atoms with Crippen molar-refractivity contribution in [1.29, 1.82) is 0 Å². The summed E-state index contributed by atoms with van der Waals surface area (Å²) >= 11 is 0. The molecule has 1 unspecified atom stereocenters. The summed E-state index contributed by atoms with van der Waals surface area (Å²) in [5, 5.41) is 0. The fraction of sp³-hybridized carbons (Fsp3) is 0.800. The van der Waals surface area contributed by atoms with Gasteiger partial charge in [0.05, 0.1) is 13.7 Å². The number of carbonyl (C=O) groups excluding carboxylic acids is 2. The monoisotopic (exact) mass is 202 g/mol. The van der Waals surface area contributed by atoms with Gasteiger partial charge in [-0.3, -0.25) is 9.59 Å². The van der Waals surface area contributed by atoms with Crippen LogP contribution in [0.5, 0.6) is 0 Å². The van der Waals surface area contributed by atoms with Crippen molar-refractivity contribution >= 4 is 11.9 Å². The molecule has 0 N–H and O–H groups in total. The zero-order valence-electron chi connectivity index (χ0n) is 9.04. The molecule has 14 heavy (non-hydrogen) atoms. The fourth-order valence-electron chi connectivity index (χ4n) is 0.819. The molecule has 0 saturated heterocycles.